The number of anilines is 2. The Morgan fingerprint density at radius 1 is 1.15 bits per heavy atom. The van der Waals surface area contributed by atoms with E-state index in [1.165, 1.54) is 0 Å². The number of nitrogens with two attached hydrogens (primary N) is 1. The molecule has 0 saturated heterocycles. The highest BCUT2D eigenvalue weighted by Gasteiger charge is 2.20. The summed E-state index contributed by atoms with van der Waals surface area (Å²) in [6.07, 6.45) is 0. The minimum Gasteiger partial charge on any atom is -0.398 e. The van der Waals surface area contributed by atoms with Crippen molar-refractivity contribution in [1.82, 2.24) is 0 Å². The molecule has 0 fully saturated rings. The summed E-state index contributed by atoms with van der Waals surface area (Å²) in [6, 6.07) is 10.2. The maximum Gasteiger partial charge on any atom is 0.264 e. The fourth-order valence-electron chi connectivity index (χ4n) is 1.81. The summed E-state index contributed by atoms with van der Waals surface area (Å²) >= 11 is 6.64. The SMILES string of the molecule is Cc1cccc(N)c1S(=O)(=O)Nc1ccc(Br)cc1Br. The van der Waals surface area contributed by atoms with E-state index in [9.17, 15) is 8.42 Å². The van der Waals surface area contributed by atoms with Crippen LogP contribution in [0.3, 0.4) is 0 Å². The molecule has 0 saturated carbocycles. The monoisotopic (exact) mass is 418 g/mol. The third kappa shape index (κ3) is 3.16. The van der Waals surface area contributed by atoms with Crippen molar-refractivity contribution in [1.29, 1.82) is 0 Å². The van der Waals surface area contributed by atoms with Gasteiger partial charge in [0.2, 0.25) is 0 Å². The molecule has 0 radical (unpaired) electrons. The second kappa shape index (κ2) is 5.75. The highest BCUT2D eigenvalue weighted by Crippen LogP contribution is 2.30. The molecule has 0 atom stereocenters. The first-order valence-electron chi connectivity index (χ1n) is 5.64. The molecule has 106 valence electrons. The van der Waals surface area contributed by atoms with Gasteiger partial charge in [0.05, 0.1) is 11.4 Å². The Kier molecular flexibility index (Phi) is 4.41. The Bertz CT molecular complexity index is 741. The van der Waals surface area contributed by atoms with Gasteiger partial charge < -0.3 is 5.73 Å². The van der Waals surface area contributed by atoms with E-state index in [1.807, 2.05) is 0 Å². The van der Waals surface area contributed by atoms with Gasteiger partial charge in [-0.1, -0.05) is 28.1 Å². The molecular formula is C13H12Br2N2O2S. The second-order valence-electron chi connectivity index (χ2n) is 4.22. The van der Waals surface area contributed by atoms with Crippen LogP contribution in [-0.2, 0) is 10.0 Å². The van der Waals surface area contributed by atoms with E-state index < -0.39 is 10.0 Å². The van der Waals surface area contributed by atoms with Crippen molar-refractivity contribution in [2.75, 3.05) is 10.5 Å². The lowest BCUT2D eigenvalue weighted by Gasteiger charge is -2.13. The minimum atomic E-state index is -3.73. The first kappa shape index (κ1) is 15.3. The fourth-order valence-corrected chi connectivity index (χ4v) is 4.53. The predicted molar refractivity (Wildman–Crippen MR) is 88.2 cm³/mol. The lowest BCUT2D eigenvalue weighted by atomic mass is 10.2. The molecule has 7 heteroatoms. The van der Waals surface area contributed by atoms with Crippen molar-refractivity contribution in [3.05, 3.63) is 50.9 Å². The Morgan fingerprint density at radius 3 is 2.45 bits per heavy atom. The smallest absolute Gasteiger partial charge is 0.264 e. The van der Waals surface area contributed by atoms with Crippen LogP contribution >= 0.6 is 31.9 Å². The summed E-state index contributed by atoms with van der Waals surface area (Å²) in [7, 11) is -3.73. The molecule has 20 heavy (non-hydrogen) atoms. The molecule has 0 unspecified atom stereocenters. The van der Waals surface area contributed by atoms with E-state index >= 15 is 0 Å². The van der Waals surface area contributed by atoms with Crippen molar-refractivity contribution in [3.8, 4) is 0 Å². The van der Waals surface area contributed by atoms with Gasteiger partial charge in [0, 0.05) is 8.95 Å². The van der Waals surface area contributed by atoms with E-state index in [0.717, 1.165) is 4.47 Å². The summed E-state index contributed by atoms with van der Waals surface area (Å²) in [5.74, 6) is 0. The normalized spacial score (nSPS) is 11.3. The summed E-state index contributed by atoms with van der Waals surface area (Å²) in [5.41, 5.74) is 7.07. The topological polar surface area (TPSA) is 72.2 Å². The third-order valence-corrected chi connectivity index (χ3v) is 5.42. The maximum atomic E-state index is 12.5. The number of sulfonamides is 1. The molecule has 0 aliphatic carbocycles. The van der Waals surface area contributed by atoms with Crippen LogP contribution in [0.15, 0.2) is 50.2 Å². The average Bonchev–Trinajstić information content (AvgIpc) is 2.32. The number of nitrogens with one attached hydrogen (secondary N) is 1. The van der Waals surface area contributed by atoms with Crippen LogP contribution in [0.2, 0.25) is 0 Å². The van der Waals surface area contributed by atoms with Crippen LogP contribution in [0.25, 0.3) is 0 Å². The van der Waals surface area contributed by atoms with Crippen LogP contribution in [-0.4, -0.2) is 8.42 Å². The third-order valence-electron chi connectivity index (χ3n) is 2.69. The number of halogens is 2. The zero-order chi connectivity index (χ0) is 14.9. The molecule has 0 amide bonds. The van der Waals surface area contributed by atoms with Crippen LogP contribution in [0.5, 0.6) is 0 Å². The van der Waals surface area contributed by atoms with E-state index in [4.69, 9.17) is 5.73 Å². The van der Waals surface area contributed by atoms with Gasteiger partial charge in [-0.3, -0.25) is 4.72 Å². The summed E-state index contributed by atoms with van der Waals surface area (Å²) < 4.78 is 28.9. The van der Waals surface area contributed by atoms with Gasteiger partial charge >= 0.3 is 0 Å². The van der Waals surface area contributed by atoms with Crippen LogP contribution < -0.4 is 10.5 Å². The number of aryl methyl sites for hydroxylation is 1. The molecule has 2 aromatic rings. The molecule has 0 bridgehead atoms. The molecule has 0 aliphatic heterocycles. The second-order valence-corrected chi connectivity index (χ2v) is 7.61. The Morgan fingerprint density at radius 2 is 1.85 bits per heavy atom. The minimum absolute atomic E-state index is 0.106. The van der Waals surface area contributed by atoms with Gasteiger partial charge in [0.15, 0.2) is 0 Å². The highest BCUT2D eigenvalue weighted by atomic mass is 79.9. The number of nitrogen functional groups attached to an aromatic ring is 1. The van der Waals surface area contributed by atoms with E-state index in [-0.39, 0.29) is 10.6 Å². The Balaban J connectivity index is 2.46. The number of hydrogen-bond donors (Lipinski definition) is 2. The van der Waals surface area contributed by atoms with Crippen molar-refractivity contribution in [2.45, 2.75) is 11.8 Å². The van der Waals surface area contributed by atoms with E-state index in [2.05, 4.69) is 36.6 Å². The standard InChI is InChI=1S/C13H12Br2N2O2S/c1-8-3-2-4-11(16)13(8)20(18,19)17-12-6-5-9(14)7-10(12)15/h2-7,17H,16H2,1H3. The fraction of sp³-hybridized carbons (Fsp3) is 0.0769. The molecule has 0 aliphatic rings. The van der Waals surface area contributed by atoms with Crippen LogP contribution in [0, 0.1) is 6.92 Å². The van der Waals surface area contributed by atoms with Gasteiger partial charge in [0.1, 0.15) is 4.90 Å². The van der Waals surface area contributed by atoms with Crippen LogP contribution in [0.4, 0.5) is 11.4 Å². The molecule has 0 aromatic heterocycles. The molecule has 2 aromatic carbocycles. The summed E-state index contributed by atoms with van der Waals surface area (Å²) in [6.45, 7) is 1.71. The first-order chi connectivity index (χ1) is 9.31. The summed E-state index contributed by atoms with van der Waals surface area (Å²) in [5, 5.41) is 0. The maximum absolute atomic E-state index is 12.5. The molecule has 4 nitrogen and oxygen atoms in total. The van der Waals surface area contributed by atoms with Gasteiger partial charge in [-0.05, 0) is 52.7 Å². The Labute approximate surface area is 134 Å². The predicted octanol–water partition coefficient (Wildman–Crippen LogP) is 3.90. The molecular weight excluding hydrogens is 408 g/mol. The van der Waals surface area contributed by atoms with Gasteiger partial charge in [-0.15, -0.1) is 0 Å². The highest BCUT2D eigenvalue weighted by molar-refractivity contribution is 9.11. The van der Waals surface area contributed by atoms with Gasteiger partial charge in [-0.2, -0.15) is 0 Å². The average molecular weight is 420 g/mol. The number of rotatable bonds is 3. The largest absolute Gasteiger partial charge is 0.398 e. The quantitative estimate of drug-likeness (QED) is 0.741. The first-order valence-corrected chi connectivity index (χ1v) is 8.71. The van der Waals surface area contributed by atoms with Gasteiger partial charge in [0.25, 0.3) is 10.0 Å². The zero-order valence-electron chi connectivity index (χ0n) is 10.5. The van der Waals surface area contributed by atoms with Crippen molar-refractivity contribution >= 4 is 53.3 Å². The number of hydrogen-bond acceptors (Lipinski definition) is 3. The Hall–Kier alpha value is -1.05. The zero-order valence-corrected chi connectivity index (χ0v) is 14.5. The number of benzene rings is 2. The molecule has 0 heterocycles. The summed E-state index contributed by atoms with van der Waals surface area (Å²) in [4.78, 5) is 0.106. The van der Waals surface area contributed by atoms with Crippen LogP contribution in [0.1, 0.15) is 5.56 Å². The van der Waals surface area contributed by atoms with Gasteiger partial charge in [-0.25, -0.2) is 8.42 Å². The van der Waals surface area contributed by atoms with Crippen molar-refractivity contribution in [3.63, 3.8) is 0 Å². The lowest BCUT2D eigenvalue weighted by Crippen LogP contribution is -2.16. The van der Waals surface area contributed by atoms with Crippen molar-refractivity contribution < 1.29 is 8.42 Å². The molecule has 3 N–H and O–H groups in total. The molecule has 2 rings (SSSR count). The van der Waals surface area contributed by atoms with E-state index in [0.29, 0.717) is 15.7 Å². The van der Waals surface area contributed by atoms with Crippen molar-refractivity contribution in [2.24, 2.45) is 0 Å². The lowest BCUT2D eigenvalue weighted by molar-refractivity contribution is 0.601. The van der Waals surface area contributed by atoms with E-state index in [1.54, 1.807) is 43.3 Å². The molecule has 0 spiro atoms.